The molecule has 1 unspecified atom stereocenters. The molecule has 2 N–H and O–H groups in total. The lowest BCUT2D eigenvalue weighted by Crippen LogP contribution is -2.28. The predicted octanol–water partition coefficient (Wildman–Crippen LogP) is 3.79. The van der Waals surface area contributed by atoms with Crippen molar-refractivity contribution in [1.29, 1.82) is 0 Å². The van der Waals surface area contributed by atoms with Crippen molar-refractivity contribution in [2.45, 2.75) is 26.3 Å². The summed E-state index contributed by atoms with van der Waals surface area (Å²) in [6.45, 7) is 4.23. The Bertz CT molecular complexity index is 621. The van der Waals surface area contributed by atoms with E-state index in [2.05, 4.69) is 13.8 Å². The normalized spacial score (nSPS) is 12.4. The van der Waals surface area contributed by atoms with Gasteiger partial charge in [-0.2, -0.15) is 0 Å². The molecule has 2 aromatic carbocycles. The average Bonchev–Trinajstić information content (AvgIpc) is 2.48. The summed E-state index contributed by atoms with van der Waals surface area (Å²) in [4.78, 5) is 10.4. The van der Waals surface area contributed by atoms with E-state index in [0.29, 0.717) is 5.92 Å². The molecule has 4 nitrogen and oxygen atoms in total. The summed E-state index contributed by atoms with van der Waals surface area (Å²) in [5, 5.41) is 10.8. The van der Waals surface area contributed by atoms with Crippen LogP contribution in [0.1, 0.15) is 19.4 Å². The quantitative estimate of drug-likeness (QED) is 0.671. The van der Waals surface area contributed by atoms with Gasteiger partial charge in [-0.25, -0.2) is 0 Å². The Morgan fingerprint density at radius 3 is 2.33 bits per heavy atom. The van der Waals surface area contributed by atoms with Gasteiger partial charge >= 0.3 is 0 Å². The standard InChI is InChI=1S/C17H20N2O2/c1-12(2)17(18)10-13-6-8-14(9-7-13)15-4-3-5-16(11-15)19(20)21/h3-9,11-12,17H,10,18H2,1-2H3. The highest BCUT2D eigenvalue weighted by molar-refractivity contribution is 5.66. The van der Waals surface area contributed by atoms with Gasteiger partial charge in [0, 0.05) is 18.2 Å². The van der Waals surface area contributed by atoms with Gasteiger partial charge in [0.2, 0.25) is 0 Å². The molecule has 0 bridgehead atoms. The topological polar surface area (TPSA) is 69.2 Å². The highest BCUT2D eigenvalue weighted by Crippen LogP contribution is 2.24. The summed E-state index contributed by atoms with van der Waals surface area (Å²) in [6, 6.07) is 14.9. The van der Waals surface area contributed by atoms with Crippen molar-refractivity contribution in [3.05, 3.63) is 64.2 Å². The molecular formula is C17H20N2O2. The number of hydrogen-bond acceptors (Lipinski definition) is 3. The summed E-state index contributed by atoms with van der Waals surface area (Å²) < 4.78 is 0. The fraction of sp³-hybridized carbons (Fsp3) is 0.294. The third-order valence-electron chi connectivity index (χ3n) is 3.67. The van der Waals surface area contributed by atoms with Crippen LogP contribution >= 0.6 is 0 Å². The second-order valence-electron chi connectivity index (χ2n) is 5.62. The van der Waals surface area contributed by atoms with Gasteiger partial charge in [0.25, 0.3) is 5.69 Å². The van der Waals surface area contributed by atoms with E-state index in [1.165, 1.54) is 11.6 Å². The summed E-state index contributed by atoms with van der Waals surface area (Å²) >= 11 is 0. The zero-order valence-corrected chi connectivity index (χ0v) is 12.3. The molecule has 0 aromatic heterocycles. The van der Waals surface area contributed by atoms with Crippen LogP contribution in [0, 0.1) is 16.0 Å². The zero-order chi connectivity index (χ0) is 15.4. The van der Waals surface area contributed by atoms with Crippen molar-refractivity contribution < 1.29 is 4.92 Å². The molecule has 4 heteroatoms. The van der Waals surface area contributed by atoms with Crippen LogP contribution in [-0.2, 0) is 6.42 Å². The Balaban J connectivity index is 2.19. The van der Waals surface area contributed by atoms with Crippen LogP contribution in [0.15, 0.2) is 48.5 Å². The van der Waals surface area contributed by atoms with Crippen molar-refractivity contribution in [2.75, 3.05) is 0 Å². The second-order valence-corrected chi connectivity index (χ2v) is 5.62. The molecule has 0 radical (unpaired) electrons. The fourth-order valence-corrected chi connectivity index (χ4v) is 2.14. The number of rotatable bonds is 5. The molecule has 2 rings (SSSR count). The van der Waals surface area contributed by atoms with Crippen LogP contribution in [0.3, 0.4) is 0 Å². The molecule has 0 spiro atoms. The number of non-ortho nitro benzene ring substituents is 1. The third-order valence-corrected chi connectivity index (χ3v) is 3.67. The van der Waals surface area contributed by atoms with Crippen LogP contribution < -0.4 is 5.73 Å². The first kappa shape index (κ1) is 15.2. The van der Waals surface area contributed by atoms with Gasteiger partial charge in [-0.15, -0.1) is 0 Å². The van der Waals surface area contributed by atoms with Crippen molar-refractivity contribution in [3.63, 3.8) is 0 Å². The number of nitrogens with zero attached hydrogens (tertiary/aromatic N) is 1. The molecule has 0 amide bonds. The predicted molar refractivity (Wildman–Crippen MR) is 85.0 cm³/mol. The Labute approximate surface area is 124 Å². The molecule has 0 saturated carbocycles. The smallest absolute Gasteiger partial charge is 0.270 e. The van der Waals surface area contributed by atoms with E-state index in [0.717, 1.165) is 17.5 Å². The van der Waals surface area contributed by atoms with Gasteiger partial charge < -0.3 is 5.73 Å². The molecule has 110 valence electrons. The molecule has 21 heavy (non-hydrogen) atoms. The largest absolute Gasteiger partial charge is 0.327 e. The maximum atomic E-state index is 10.8. The number of nitro groups is 1. The van der Waals surface area contributed by atoms with Crippen LogP contribution in [-0.4, -0.2) is 11.0 Å². The highest BCUT2D eigenvalue weighted by Gasteiger charge is 2.10. The first-order chi connectivity index (χ1) is 9.97. The van der Waals surface area contributed by atoms with Crippen LogP contribution in [0.2, 0.25) is 0 Å². The number of nitrogens with two attached hydrogens (primary N) is 1. The van der Waals surface area contributed by atoms with E-state index in [-0.39, 0.29) is 16.7 Å². The molecule has 2 aromatic rings. The summed E-state index contributed by atoms with van der Waals surface area (Å²) in [7, 11) is 0. The van der Waals surface area contributed by atoms with Gasteiger partial charge in [0.1, 0.15) is 0 Å². The zero-order valence-electron chi connectivity index (χ0n) is 12.3. The van der Waals surface area contributed by atoms with E-state index >= 15 is 0 Å². The molecule has 0 aliphatic heterocycles. The van der Waals surface area contributed by atoms with Gasteiger partial charge in [0.15, 0.2) is 0 Å². The van der Waals surface area contributed by atoms with E-state index < -0.39 is 0 Å². The molecule has 1 atom stereocenters. The average molecular weight is 284 g/mol. The Morgan fingerprint density at radius 1 is 1.10 bits per heavy atom. The van der Waals surface area contributed by atoms with Gasteiger partial charge in [-0.1, -0.05) is 50.2 Å². The van der Waals surface area contributed by atoms with Crippen LogP contribution in [0.5, 0.6) is 0 Å². The molecule has 0 heterocycles. The fourth-order valence-electron chi connectivity index (χ4n) is 2.14. The molecule has 0 saturated heterocycles. The summed E-state index contributed by atoms with van der Waals surface area (Å²) in [5.41, 5.74) is 9.19. The summed E-state index contributed by atoms with van der Waals surface area (Å²) in [5.74, 6) is 0.446. The Kier molecular flexibility index (Phi) is 4.70. The summed E-state index contributed by atoms with van der Waals surface area (Å²) in [6.07, 6.45) is 0.840. The lowest BCUT2D eigenvalue weighted by molar-refractivity contribution is -0.384. The first-order valence-corrected chi connectivity index (χ1v) is 7.06. The van der Waals surface area contributed by atoms with E-state index in [1.54, 1.807) is 12.1 Å². The lowest BCUT2D eigenvalue weighted by Gasteiger charge is -2.15. The van der Waals surface area contributed by atoms with Crippen molar-refractivity contribution >= 4 is 5.69 Å². The van der Waals surface area contributed by atoms with Crippen LogP contribution in [0.4, 0.5) is 5.69 Å². The first-order valence-electron chi connectivity index (χ1n) is 7.06. The minimum Gasteiger partial charge on any atom is -0.327 e. The molecule has 0 fully saturated rings. The van der Waals surface area contributed by atoms with E-state index in [1.807, 2.05) is 30.3 Å². The number of hydrogen-bond donors (Lipinski definition) is 1. The van der Waals surface area contributed by atoms with Crippen molar-refractivity contribution in [2.24, 2.45) is 11.7 Å². The Morgan fingerprint density at radius 2 is 1.76 bits per heavy atom. The lowest BCUT2D eigenvalue weighted by atomic mass is 9.96. The van der Waals surface area contributed by atoms with Gasteiger partial charge in [-0.3, -0.25) is 10.1 Å². The Hall–Kier alpha value is -2.20. The maximum absolute atomic E-state index is 10.8. The highest BCUT2D eigenvalue weighted by atomic mass is 16.6. The van der Waals surface area contributed by atoms with E-state index in [4.69, 9.17) is 5.73 Å². The van der Waals surface area contributed by atoms with Crippen molar-refractivity contribution in [3.8, 4) is 11.1 Å². The maximum Gasteiger partial charge on any atom is 0.270 e. The second kappa shape index (κ2) is 6.50. The van der Waals surface area contributed by atoms with Gasteiger partial charge in [-0.05, 0) is 29.0 Å². The minimum absolute atomic E-state index is 0.110. The molecular weight excluding hydrogens is 264 g/mol. The number of nitro benzene ring substituents is 1. The monoisotopic (exact) mass is 284 g/mol. The van der Waals surface area contributed by atoms with Crippen molar-refractivity contribution in [1.82, 2.24) is 0 Å². The third kappa shape index (κ3) is 3.89. The molecule has 0 aliphatic rings. The van der Waals surface area contributed by atoms with Gasteiger partial charge in [0.05, 0.1) is 4.92 Å². The minimum atomic E-state index is -0.375. The van der Waals surface area contributed by atoms with Crippen LogP contribution in [0.25, 0.3) is 11.1 Å². The number of benzene rings is 2. The van der Waals surface area contributed by atoms with E-state index in [9.17, 15) is 10.1 Å². The SMILES string of the molecule is CC(C)C(N)Cc1ccc(-c2cccc([N+](=O)[O-])c2)cc1. The molecule has 0 aliphatic carbocycles.